The summed E-state index contributed by atoms with van der Waals surface area (Å²) in [4.78, 5) is 24.2. The molecule has 3 N–H and O–H groups in total. The Labute approximate surface area is 164 Å². The lowest BCUT2D eigenvalue weighted by Gasteiger charge is -2.12. The van der Waals surface area contributed by atoms with Crippen molar-refractivity contribution in [2.24, 2.45) is 4.99 Å². The number of nitrogens with one attached hydrogen (secondary N) is 3. The molecule has 0 aromatic carbocycles. The van der Waals surface area contributed by atoms with Crippen molar-refractivity contribution < 1.29 is 4.79 Å². The van der Waals surface area contributed by atoms with Crippen LogP contribution in [0.2, 0.25) is 0 Å². The summed E-state index contributed by atoms with van der Waals surface area (Å²) in [6.45, 7) is 1.81. The molecule has 0 saturated carbocycles. The molecule has 2 heterocycles. The van der Waals surface area contributed by atoms with Crippen molar-refractivity contribution in [1.29, 1.82) is 0 Å². The Hall–Kier alpha value is -2.23. The average molecular weight is 454 g/mol. The van der Waals surface area contributed by atoms with Crippen molar-refractivity contribution in [3.8, 4) is 0 Å². The summed E-state index contributed by atoms with van der Waals surface area (Å²) in [5.74, 6) is 0.560. The van der Waals surface area contributed by atoms with Crippen LogP contribution in [-0.2, 0) is 6.42 Å². The molecule has 0 unspecified atom stereocenters. The summed E-state index contributed by atoms with van der Waals surface area (Å²) in [6.07, 6.45) is 5.78. The summed E-state index contributed by atoms with van der Waals surface area (Å²) in [7, 11) is 1.71. The zero-order chi connectivity index (χ0) is 17.0. The molecule has 0 aliphatic rings. The van der Waals surface area contributed by atoms with Crippen molar-refractivity contribution >= 4 is 35.8 Å². The fourth-order valence-electron chi connectivity index (χ4n) is 2.03. The first kappa shape index (κ1) is 20.8. The number of rotatable bonds is 7. The highest BCUT2D eigenvalue weighted by Crippen LogP contribution is 1.94. The van der Waals surface area contributed by atoms with Gasteiger partial charge in [0, 0.05) is 57.4 Å². The summed E-state index contributed by atoms with van der Waals surface area (Å²) in [5, 5.41) is 9.19. The minimum atomic E-state index is -0.136. The third-order valence-electron chi connectivity index (χ3n) is 3.25. The lowest BCUT2D eigenvalue weighted by atomic mass is 10.3. The monoisotopic (exact) mass is 454 g/mol. The molecular formula is C17H23IN6O. The van der Waals surface area contributed by atoms with E-state index in [1.54, 1.807) is 37.8 Å². The van der Waals surface area contributed by atoms with Gasteiger partial charge >= 0.3 is 0 Å². The predicted molar refractivity (Wildman–Crippen MR) is 109 cm³/mol. The molecule has 0 fully saturated rings. The Balaban J connectivity index is 0.00000312. The Morgan fingerprint density at radius 3 is 2.52 bits per heavy atom. The molecule has 0 aliphatic heterocycles. The normalized spacial score (nSPS) is 10.5. The number of nitrogens with zero attached hydrogens (tertiary/aromatic N) is 3. The standard InChI is InChI=1S/C17H22N6O.HI/c1-18-17(22-10-7-15-6-2-3-9-20-15)23-12-11-21-16(24)14-5-4-8-19-13-14;/h2-6,8-9,13H,7,10-12H2,1H3,(H,21,24)(H2,18,22,23);1H. The average Bonchev–Trinajstić information content (AvgIpc) is 2.65. The van der Waals surface area contributed by atoms with E-state index in [0.717, 1.165) is 18.7 Å². The first-order chi connectivity index (χ1) is 11.8. The van der Waals surface area contributed by atoms with Crippen molar-refractivity contribution in [2.45, 2.75) is 6.42 Å². The molecule has 8 heteroatoms. The van der Waals surface area contributed by atoms with Crippen molar-refractivity contribution in [3.63, 3.8) is 0 Å². The second kappa shape index (κ2) is 12.2. The molecule has 0 aliphatic carbocycles. The van der Waals surface area contributed by atoms with Crippen LogP contribution in [0.4, 0.5) is 0 Å². The Morgan fingerprint density at radius 1 is 1.04 bits per heavy atom. The van der Waals surface area contributed by atoms with Gasteiger partial charge in [-0.05, 0) is 24.3 Å². The van der Waals surface area contributed by atoms with E-state index in [1.165, 1.54) is 0 Å². The van der Waals surface area contributed by atoms with Gasteiger partial charge in [0.15, 0.2) is 5.96 Å². The molecule has 0 atom stereocenters. The SMILES string of the molecule is CN=C(NCCNC(=O)c1cccnc1)NCCc1ccccn1.I. The number of carbonyl (C=O) groups is 1. The van der Waals surface area contributed by atoms with Crippen molar-refractivity contribution in [3.05, 3.63) is 60.2 Å². The van der Waals surface area contributed by atoms with E-state index < -0.39 is 0 Å². The predicted octanol–water partition coefficient (Wildman–Crippen LogP) is 1.23. The molecule has 2 rings (SSSR count). The van der Waals surface area contributed by atoms with Gasteiger partial charge in [0.1, 0.15) is 0 Å². The quantitative estimate of drug-likeness (QED) is 0.254. The smallest absolute Gasteiger partial charge is 0.252 e. The first-order valence-corrected chi connectivity index (χ1v) is 7.82. The van der Waals surface area contributed by atoms with Crippen LogP contribution in [-0.4, -0.2) is 48.5 Å². The Morgan fingerprint density at radius 2 is 1.84 bits per heavy atom. The van der Waals surface area contributed by atoms with Gasteiger partial charge in [0.05, 0.1) is 5.56 Å². The number of halogens is 1. The molecule has 2 aromatic rings. The molecule has 2 aromatic heterocycles. The molecule has 7 nitrogen and oxygen atoms in total. The molecule has 0 saturated heterocycles. The lowest BCUT2D eigenvalue weighted by Crippen LogP contribution is -2.42. The van der Waals surface area contributed by atoms with E-state index in [0.29, 0.717) is 24.6 Å². The van der Waals surface area contributed by atoms with Crippen LogP contribution in [0.15, 0.2) is 53.9 Å². The van der Waals surface area contributed by atoms with Crippen molar-refractivity contribution in [1.82, 2.24) is 25.9 Å². The summed E-state index contributed by atoms with van der Waals surface area (Å²) in [6, 6.07) is 9.33. The zero-order valence-corrected chi connectivity index (χ0v) is 16.4. The van der Waals surface area contributed by atoms with Crippen LogP contribution < -0.4 is 16.0 Å². The van der Waals surface area contributed by atoms with Crippen LogP contribution in [0.1, 0.15) is 16.1 Å². The first-order valence-electron chi connectivity index (χ1n) is 7.82. The fourth-order valence-corrected chi connectivity index (χ4v) is 2.03. The van der Waals surface area contributed by atoms with Crippen LogP contribution in [0.5, 0.6) is 0 Å². The minimum Gasteiger partial charge on any atom is -0.356 e. The highest BCUT2D eigenvalue weighted by molar-refractivity contribution is 14.0. The lowest BCUT2D eigenvalue weighted by molar-refractivity contribution is 0.0954. The van der Waals surface area contributed by atoms with Crippen LogP contribution in [0, 0.1) is 0 Å². The Bertz CT molecular complexity index is 651. The summed E-state index contributed by atoms with van der Waals surface area (Å²) >= 11 is 0. The zero-order valence-electron chi connectivity index (χ0n) is 14.1. The van der Waals surface area contributed by atoms with Gasteiger partial charge in [-0.3, -0.25) is 19.8 Å². The van der Waals surface area contributed by atoms with E-state index in [-0.39, 0.29) is 29.9 Å². The molecule has 1 amide bonds. The largest absolute Gasteiger partial charge is 0.356 e. The van der Waals surface area contributed by atoms with Gasteiger partial charge in [-0.2, -0.15) is 0 Å². The van der Waals surface area contributed by atoms with Gasteiger partial charge in [-0.1, -0.05) is 6.07 Å². The number of hydrogen-bond donors (Lipinski definition) is 3. The number of guanidine groups is 1. The number of carbonyl (C=O) groups excluding carboxylic acids is 1. The molecule has 0 radical (unpaired) electrons. The van der Waals surface area contributed by atoms with E-state index in [2.05, 4.69) is 30.9 Å². The fraction of sp³-hybridized carbons (Fsp3) is 0.294. The van der Waals surface area contributed by atoms with Gasteiger partial charge in [-0.15, -0.1) is 24.0 Å². The molecule has 25 heavy (non-hydrogen) atoms. The maximum atomic E-state index is 11.9. The molecule has 0 spiro atoms. The van der Waals surface area contributed by atoms with Gasteiger partial charge in [-0.25, -0.2) is 0 Å². The number of amides is 1. The highest BCUT2D eigenvalue weighted by atomic mass is 127. The van der Waals surface area contributed by atoms with Crippen LogP contribution >= 0.6 is 24.0 Å². The molecule has 134 valence electrons. The van der Waals surface area contributed by atoms with Crippen LogP contribution in [0.3, 0.4) is 0 Å². The third kappa shape index (κ3) is 7.92. The van der Waals surface area contributed by atoms with E-state index in [4.69, 9.17) is 0 Å². The van der Waals surface area contributed by atoms with Gasteiger partial charge < -0.3 is 16.0 Å². The number of aromatic nitrogens is 2. The second-order valence-corrected chi connectivity index (χ2v) is 4.99. The van der Waals surface area contributed by atoms with Gasteiger partial charge in [0.2, 0.25) is 0 Å². The van der Waals surface area contributed by atoms with E-state index >= 15 is 0 Å². The maximum Gasteiger partial charge on any atom is 0.252 e. The summed E-state index contributed by atoms with van der Waals surface area (Å²) in [5.41, 5.74) is 1.58. The summed E-state index contributed by atoms with van der Waals surface area (Å²) < 4.78 is 0. The van der Waals surface area contributed by atoms with Gasteiger partial charge in [0.25, 0.3) is 5.91 Å². The number of hydrogen-bond acceptors (Lipinski definition) is 4. The highest BCUT2D eigenvalue weighted by Gasteiger charge is 2.04. The van der Waals surface area contributed by atoms with E-state index in [9.17, 15) is 4.79 Å². The Kier molecular flexibility index (Phi) is 10.1. The van der Waals surface area contributed by atoms with Crippen molar-refractivity contribution in [2.75, 3.05) is 26.7 Å². The number of aliphatic imine (C=N–C) groups is 1. The molecular weight excluding hydrogens is 431 g/mol. The topological polar surface area (TPSA) is 91.3 Å². The van der Waals surface area contributed by atoms with E-state index in [1.807, 2.05) is 18.2 Å². The minimum absolute atomic E-state index is 0. The maximum absolute atomic E-state index is 11.9. The second-order valence-electron chi connectivity index (χ2n) is 4.99. The van der Waals surface area contributed by atoms with Crippen LogP contribution in [0.25, 0.3) is 0 Å². The third-order valence-corrected chi connectivity index (χ3v) is 3.25. The number of pyridine rings is 2. The molecule has 0 bridgehead atoms.